The van der Waals surface area contributed by atoms with Crippen molar-refractivity contribution in [2.45, 2.75) is 12.5 Å². The van der Waals surface area contributed by atoms with Crippen LogP contribution in [0.25, 0.3) is 10.9 Å². The molecule has 2 aromatic carbocycles. The smallest absolute Gasteiger partial charge is 0.337 e. The van der Waals surface area contributed by atoms with Gasteiger partial charge in [0, 0.05) is 17.6 Å². The van der Waals surface area contributed by atoms with Crippen LogP contribution in [-0.4, -0.2) is 30.0 Å². The Morgan fingerprint density at radius 1 is 1.12 bits per heavy atom. The van der Waals surface area contributed by atoms with Crippen molar-refractivity contribution in [3.05, 3.63) is 59.8 Å². The number of nitrogens with one attached hydrogen (secondary N) is 3. The number of carbonyl (C=O) groups is 2. The van der Waals surface area contributed by atoms with E-state index in [2.05, 4.69) is 21.7 Å². The summed E-state index contributed by atoms with van der Waals surface area (Å²) in [6, 6.07) is 14.7. The second kappa shape index (κ2) is 5.98. The van der Waals surface area contributed by atoms with E-state index in [9.17, 15) is 9.59 Å². The van der Waals surface area contributed by atoms with Crippen molar-refractivity contribution in [3.63, 3.8) is 0 Å². The maximum Gasteiger partial charge on any atom is 0.337 e. The van der Waals surface area contributed by atoms with Gasteiger partial charge in [-0.15, -0.1) is 0 Å². The van der Waals surface area contributed by atoms with Crippen molar-refractivity contribution in [1.82, 2.24) is 4.98 Å². The number of fused-ring (bicyclic) bond motifs is 2. The van der Waals surface area contributed by atoms with Crippen LogP contribution in [0.2, 0.25) is 0 Å². The summed E-state index contributed by atoms with van der Waals surface area (Å²) in [5.41, 5.74) is 3.81. The highest BCUT2D eigenvalue weighted by Gasteiger charge is 2.26. The number of methoxy groups -OCH3 is 1. The molecular weight excluding hydrogens is 318 g/mol. The normalized spacial score (nSPS) is 16.0. The van der Waals surface area contributed by atoms with Gasteiger partial charge in [0.2, 0.25) is 5.91 Å². The molecule has 0 unspecified atom stereocenters. The minimum atomic E-state index is -0.433. The molecule has 0 radical (unpaired) electrons. The van der Waals surface area contributed by atoms with E-state index in [-0.39, 0.29) is 11.9 Å². The van der Waals surface area contributed by atoms with Crippen LogP contribution in [0.1, 0.15) is 16.1 Å². The molecule has 1 aliphatic rings. The lowest BCUT2D eigenvalue weighted by Crippen LogP contribution is -2.40. The summed E-state index contributed by atoms with van der Waals surface area (Å²) in [5, 5.41) is 7.22. The second-order valence-electron chi connectivity index (χ2n) is 6.02. The van der Waals surface area contributed by atoms with Crippen LogP contribution in [0.4, 0.5) is 11.4 Å². The second-order valence-corrected chi connectivity index (χ2v) is 6.02. The van der Waals surface area contributed by atoms with Gasteiger partial charge < -0.3 is 20.4 Å². The first-order valence-electron chi connectivity index (χ1n) is 8.00. The van der Waals surface area contributed by atoms with Gasteiger partial charge in [-0.1, -0.05) is 18.2 Å². The van der Waals surface area contributed by atoms with Gasteiger partial charge in [0.25, 0.3) is 0 Å². The Labute approximate surface area is 144 Å². The quantitative estimate of drug-likeness (QED) is 0.643. The van der Waals surface area contributed by atoms with Crippen LogP contribution < -0.4 is 10.6 Å². The number of amides is 1. The molecule has 0 spiro atoms. The molecule has 6 heteroatoms. The third kappa shape index (κ3) is 2.82. The van der Waals surface area contributed by atoms with Crippen LogP contribution in [0, 0.1) is 0 Å². The lowest BCUT2D eigenvalue weighted by atomic mass is 10.0. The first kappa shape index (κ1) is 15.3. The third-order valence-corrected chi connectivity index (χ3v) is 4.35. The van der Waals surface area contributed by atoms with Crippen LogP contribution >= 0.6 is 0 Å². The van der Waals surface area contributed by atoms with Crippen molar-refractivity contribution in [3.8, 4) is 0 Å². The summed E-state index contributed by atoms with van der Waals surface area (Å²) in [4.78, 5) is 27.4. The van der Waals surface area contributed by atoms with Crippen LogP contribution in [0.3, 0.4) is 0 Å². The van der Waals surface area contributed by atoms with Gasteiger partial charge in [0.05, 0.1) is 24.0 Å². The Bertz CT molecular complexity index is 944. The van der Waals surface area contributed by atoms with E-state index in [0.29, 0.717) is 17.7 Å². The molecule has 25 heavy (non-hydrogen) atoms. The molecule has 0 fully saturated rings. The molecule has 4 rings (SSSR count). The molecule has 0 saturated heterocycles. The number of carbonyl (C=O) groups excluding carboxylic acids is 2. The molecule has 3 aromatic rings. The van der Waals surface area contributed by atoms with E-state index in [1.165, 1.54) is 7.11 Å². The molecule has 1 amide bonds. The van der Waals surface area contributed by atoms with E-state index in [4.69, 9.17) is 4.74 Å². The highest BCUT2D eigenvalue weighted by Crippen LogP contribution is 2.29. The van der Waals surface area contributed by atoms with Crippen LogP contribution in [0.5, 0.6) is 0 Å². The molecular formula is C19H17N3O3. The SMILES string of the molecule is COC(=O)c1ccc2c(c1)NC(=O)[C@H](Cc1cc3ccccc3[nH]1)N2. The van der Waals surface area contributed by atoms with Crippen molar-refractivity contribution in [2.75, 3.05) is 17.7 Å². The molecule has 1 aromatic heterocycles. The summed E-state index contributed by atoms with van der Waals surface area (Å²) in [7, 11) is 1.33. The molecule has 1 atom stereocenters. The lowest BCUT2D eigenvalue weighted by Gasteiger charge is -2.26. The molecule has 126 valence electrons. The third-order valence-electron chi connectivity index (χ3n) is 4.35. The monoisotopic (exact) mass is 335 g/mol. The minimum absolute atomic E-state index is 0.131. The zero-order valence-corrected chi connectivity index (χ0v) is 13.6. The fourth-order valence-corrected chi connectivity index (χ4v) is 3.10. The maximum absolute atomic E-state index is 12.4. The van der Waals surface area contributed by atoms with Gasteiger partial charge >= 0.3 is 5.97 Å². The predicted octanol–water partition coefficient (Wildman–Crippen LogP) is 2.93. The number of esters is 1. The Balaban J connectivity index is 1.57. The molecule has 2 heterocycles. The van der Waals surface area contributed by atoms with Gasteiger partial charge in [0.15, 0.2) is 0 Å². The van der Waals surface area contributed by atoms with Crippen molar-refractivity contribution in [2.24, 2.45) is 0 Å². The van der Waals surface area contributed by atoms with E-state index in [1.54, 1.807) is 18.2 Å². The average molecular weight is 335 g/mol. The first-order valence-corrected chi connectivity index (χ1v) is 8.00. The number of anilines is 2. The van der Waals surface area contributed by atoms with Crippen molar-refractivity contribution in [1.29, 1.82) is 0 Å². The number of ether oxygens (including phenoxy) is 1. The van der Waals surface area contributed by atoms with E-state index in [1.807, 2.05) is 24.3 Å². The van der Waals surface area contributed by atoms with E-state index < -0.39 is 5.97 Å². The van der Waals surface area contributed by atoms with Crippen molar-refractivity contribution < 1.29 is 14.3 Å². The highest BCUT2D eigenvalue weighted by molar-refractivity contribution is 6.04. The maximum atomic E-state index is 12.4. The van der Waals surface area contributed by atoms with E-state index >= 15 is 0 Å². The largest absolute Gasteiger partial charge is 0.465 e. The summed E-state index contributed by atoms with van der Waals surface area (Å²) in [5.74, 6) is -0.564. The van der Waals surface area contributed by atoms with Crippen LogP contribution in [-0.2, 0) is 16.0 Å². The number of aromatic nitrogens is 1. The lowest BCUT2D eigenvalue weighted by molar-refractivity contribution is -0.117. The van der Waals surface area contributed by atoms with E-state index in [0.717, 1.165) is 22.3 Å². The molecule has 1 aliphatic heterocycles. The van der Waals surface area contributed by atoms with Gasteiger partial charge in [-0.3, -0.25) is 4.79 Å². The fraction of sp³-hybridized carbons (Fsp3) is 0.158. The van der Waals surface area contributed by atoms with Gasteiger partial charge in [-0.25, -0.2) is 4.79 Å². The Morgan fingerprint density at radius 2 is 1.96 bits per heavy atom. The minimum Gasteiger partial charge on any atom is -0.465 e. The molecule has 0 aliphatic carbocycles. The molecule has 0 saturated carbocycles. The fourth-order valence-electron chi connectivity index (χ4n) is 3.10. The van der Waals surface area contributed by atoms with Gasteiger partial charge in [-0.2, -0.15) is 0 Å². The molecule has 0 bridgehead atoms. The zero-order valence-electron chi connectivity index (χ0n) is 13.6. The standard InChI is InChI=1S/C19H17N3O3/c1-25-19(24)12-6-7-15-16(9-12)22-18(23)17(21-15)10-13-8-11-4-2-3-5-14(11)20-13/h2-9,17,20-21H,10H2,1H3,(H,22,23)/t17-/m0/s1. The number of benzene rings is 2. The average Bonchev–Trinajstić information content (AvgIpc) is 3.03. The topological polar surface area (TPSA) is 83.2 Å². The number of para-hydroxylation sites is 1. The summed E-state index contributed by atoms with van der Waals surface area (Å²) in [6.07, 6.45) is 0.540. The number of hydrogen-bond acceptors (Lipinski definition) is 4. The molecule has 6 nitrogen and oxygen atoms in total. The Morgan fingerprint density at radius 3 is 2.76 bits per heavy atom. The van der Waals surface area contributed by atoms with Crippen LogP contribution in [0.15, 0.2) is 48.5 Å². The summed E-state index contributed by atoms with van der Waals surface area (Å²) >= 11 is 0. The number of H-pyrrole nitrogens is 1. The summed E-state index contributed by atoms with van der Waals surface area (Å²) < 4.78 is 4.71. The number of hydrogen-bond donors (Lipinski definition) is 3. The van der Waals surface area contributed by atoms with Gasteiger partial charge in [0.1, 0.15) is 6.04 Å². The molecule has 3 N–H and O–H groups in total. The first-order chi connectivity index (χ1) is 12.1. The number of rotatable bonds is 3. The van der Waals surface area contributed by atoms with Crippen molar-refractivity contribution >= 4 is 34.2 Å². The van der Waals surface area contributed by atoms with Gasteiger partial charge in [-0.05, 0) is 35.7 Å². The summed E-state index contributed by atoms with van der Waals surface area (Å²) in [6.45, 7) is 0. The number of aromatic amines is 1. The Kier molecular flexibility index (Phi) is 3.65. The highest BCUT2D eigenvalue weighted by atomic mass is 16.5. The Hall–Kier alpha value is -3.28. The predicted molar refractivity (Wildman–Crippen MR) is 95.8 cm³/mol. The zero-order chi connectivity index (χ0) is 17.4.